The van der Waals surface area contributed by atoms with Gasteiger partial charge in [-0.3, -0.25) is 9.59 Å². The monoisotopic (exact) mass is 375 g/mol. The van der Waals surface area contributed by atoms with E-state index in [-0.39, 0.29) is 0 Å². The Morgan fingerprint density at radius 2 is 1.88 bits per heavy atom. The molecule has 0 radical (unpaired) electrons. The van der Waals surface area contributed by atoms with E-state index in [1.807, 2.05) is 24.3 Å². The predicted octanol–water partition coefficient (Wildman–Crippen LogP) is 3.03. The minimum absolute atomic E-state index is 0.407. The summed E-state index contributed by atoms with van der Waals surface area (Å²) in [4.78, 5) is 25.8. The molecule has 2 aromatic carbocycles. The number of hydrogen-bond acceptors (Lipinski definition) is 3. The van der Waals surface area contributed by atoms with Crippen LogP contribution >= 0.6 is 23.2 Å². The normalized spacial score (nSPS) is 13.6. The fraction of sp³-hybridized carbons (Fsp3) is 0.167. The molecule has 0 unspecified atom stereocenters. The van der Waals surface area contributed by atoms with Gasteiger partial charge in [-0.1, -0.05) is 53.5 Å². The van der Waals surface area contributed by atoms with Crippen molar-refractivity contribution in [2.45, 2.75) is 13.0 Å². The number of rotatable bonds is 2. The minimum atomic E-state index is -0.777. The Morgan fingerprint density at radius 1 is 1.12 bits per heavy atom. The highest BCUT2D eigenvalue weighted by Crippen LogP contribution is 2.20. The summed E-state index contributed by atoms with van der Waals surface area (Å²) < 4.78 is 0. The number of fused-ring (bicyclic) bond motifs is 1. The largest absolute Gasteiger partial charge is 0.330 e. The lowest BCUT2D eigenvalue weighted by molar-refractivity contribution is -0.146. The first-order valence-corrected chi connectivity index (χ1v) is 8.44. The highest BCUT2D eigenvalue weighted by molar-refractivity contribution is 6.36. The van der Waals surface area contributed by atoms with Gasteiger partial charge in [0.25, 0.3) is 0 Å². The predicted molar refractivity (Wildman–Crippen MR) is 97.8 cm³/mol. The van der Waals surface area contributed by atoms with Crippen molar-refractivity contribution in [1.82, 2.24) is 10.3 Å². The summed E-state index contributed by atoms with van der Waals surface area (Å²) >= 11 is 11.8. The summed E-state index contributed by atoms with van der Waals surface area (Å²) in [5, 5.41) is 4.71. The van der Waals surface area contributed by atoms with E-state index < -0.39 is 11.8 Å². The highest BCUT2D eigenvalue weighted by atomic mass is 35.5. The Morgan fingerprint density at radius 3 is 2.64 bits per heavy atom. The Hall–Kier alpha value is -2.37. The molecule has 1 heterocycles. The molecule has 7 heteroatoms. The summed E-state index contributed by atoms with van der Waals surface area (Å²) in [6.45, 7) is 0.936. The number of nitrogens with zero attached hydrogens (tertiary/aromatic N) is 2. The average Bonchev–Trinajstić information content (AvgIpc) is 2.62. The number of benzene rings is 2. The molecule has 0 saturated carbocycles. The minimum Gasteiger partial charge on any atom is -0.330 e. The molecule has 0 saturated heterocycles. The summed E-state index contributed by atoms with van der Waals surface area (Å²) in [6, 6.07) is 12.8. The Balaban J connectivity index is 1.60. The third kappa shape index (κ3) is 4.18. The molecule has 0 aliphatic carbocycles. The molecule has 0 fully saturated rings. The van der Waals surface area contributed by atoms with Gasteiger partial charge in [0.2, 0.25) is 0 Å². The summed E-state index contributed by atoms with van der Waals surface area (Å²) in [7, 11) is 0. The van der Waals surface area contributed by atoms with Gasteiger partial charge in [-0.25, -0.2) is 5.43 Å². The van der Waals surface area contributed by atoms with Crippen LogP contribution < -0.4 is 5.43 Å². The van der Waals surface area contributed by atoms with Crippen molar-refractivity contribution in [3.63, 3.8) is 0 Å². The van der Waals surface area contributed by atoms with Gasteiger partial charge >= 0.3 is 11.8 Å². The summed E-state index contributed by atoms with van der Waals surface area (Å²) in [5.41, 5.74) is 5.10. The van der Waals surface area contributed by atoms with E-state index in [0.717, 1.165) is 12.0 Å². The van der Waals surface area contributed by atoms with E-state index in [9.17, 15) is 9.59 Å². The molecule has 1 aliphatic heterocycles. The van der Waals surface area contributed by atoms with Crippen LogP contribution in [-0.2, 0) is 22.6 Å². The van der Waals surface area contributed by atoms with Gasteiger partial charge < -0.3 is 4.90 Å². The maximum atomic E-state index is 12.3. The molecular formula is C18H15Cl2N3O2. The number of halogens is 2. The zero-order valence-corrected chi connectivity index (χ0v) is 14.7. The first-order valence-electron chi connectivity index (χ1n) is 7.69. The second-order valence-electron chi connectivity index (χ2n) is 5.61. The third-order valence-corrected chi connectivity index (χ3v) is 4.51. The van der Waals surface area contributed by atoms with Crippen molar-refractivity contribution in [2.24, 2.45) is 5.10 Å². The zero-order valence-electron chi connectivity index (χ0n) is 13.2. The number of carbonyl (C=O) groups is 2. The molecule has 25 heavy (non-hydrogen) atoms. The van der Waals surface area contributed by atoms with Crippen LogP contribution in [0.5, 0.6) is 0 Å². The third-order valence-electron chi connectivity index (χ3n) is 3.94. The molecule has 2 aromatic rings. The molecule has 128 valence electrons. The topological polar surface area (TPSA) is 61.8 Å². The molecule has 0 bridgehead atoms. The lowest BCUT2D eigenvalue weighted by Gasteiger charge is -2.27. The number of amides is 2. The second-order valence-corrected chi connectivity index (χ2v) is 6.45. The van der Waals surface area contributed by atoms with Gasteiger partial charge in [0.15, 0.2) is 0 Å². The number of carbonyl (C=O) groups excluding carboxylic acids is 2. The van der Waals surface area contributed by atoms with Gasteiger partial charge in [0, 0.05) is 23.7 Å². The maximum absolute atomic E-state index is 12.3. The molecule has 3 rings (SSSR count). The standard InChI is InChI=1S/C18H15Cl2N3O2/c19-15-6-5-13(16(20)9-15)10-21-22-17(24)18(25)23-8-7-12-3-1-2-4-14(12)11-23/h1-6,9-10H,7-8,11H2,(H,22,24)/b21-10-. The van der Waals surface area contributed by atoms with Gasteiger partial charge in [-0.15, -0.1) is 0 Å². The van der Waals surface area contributed by atoms with Gasteiger partial charge in [-0.05, 0) is 29.7 Å². The Labute approximate surface area is 155 Å². The van der Waals surface area contributed by atoms with E-state index in [4.69, 9.17) is 23.2 Å². The quantitative estimate of drug-likeness (QED) is 0.498. The van der Waals surface area contributed by atoms with Crippen molar-refractivity contribution < 1.29 is 9.59 Å². The number of hydrazone groups is 1. The molecule has 0 aromatic heterocycles. The average molecular weight is 376 g/mol. The van der Waals surface area contributed by atoms with Crippen LogP contribution in [0.25, 0.3) is 0 Å². The molecule has 1 N–H and O–H groups in total. The van der Waals surface area contributed by atoms with Crippen LogP contribution in [-0.4, -0.2) is 29.5 Å². The van der Waals surface area contributed by atoms with Crippen LogP contribution in [0.4, 0.5) is 0 Å². The van der Waals surface area contributed by atoms with E-state index in [2.05, 4.69) is 10.5 Å². The Kier molecular flexibility index (Phi) is 5.36. The first kappa shape index (κ1) is 17.5. The van der Waals surface area contributed by atoms with Crippen LogP contribution in [0.3, 0.4) is 0 Å². The van der Waals surface area contributed by atoms with Gasteiger partial charge in [0.05, 0.1) is 11.2 Å². The lowest BCUT2D eigenvalue weighted by Crippen LogP contribution is -2.43. The zero-order chi connectivity index (χ0) is 17.8. The maximum Gasteiger partial charge on any atom is 0.329 e. The second kappa shape index (κ2) is 7.68. The van der Waals surface area contributed by atoms with Gasteiger partial charge in [-0.2, -0.15) is 5.10 Å². The highest BCUT2D eigenvalue weighted by Gasteiger charge is 2.25. The van der Waals surface area contributed by atoms with Crippen molar-refractivity contribution in [3.8, 4) is 0 Å². The van der Waals surface area contributed by atoms with Crippen molar-refractivity contribution in [2.75, 3.05) is 6.54 Å². The molecule has 0 atom stereocenters. The summed E-state index contributed by atoms with van der Waals surface area (Å²) in [6.07, 6.45) is 2.11. The van der Waals surface area contributed by atoms with Crippen molar-refractivity contribution in [3.05, 3.63) is 69.2 Å². The Bertz CT molecular complexity index is 852. The van der Waals surface area contributed by atoms with E-state index in [1.54, 1.807) is 18.2 Å². The van der Waals surface area contributed by atoms with E-state index >= 15 is 0 Å². The fourth-order valence-corrected chi connectivity index (χ4v) is 3.08. The van der Waals surface area contributed by atoms with E-state index in [1.165, 1.54) is 16.7 Å². The van der Waals surface area contributed by atoms with Gasteiger partial charge in [0.1, 0.15) is 0 Å². The smallest absolute Gasteiger partial charge is 0.329 e. The van der Waals surface area contributed by atoms with Crippen LogP contribution in [0.1, 0.15) is 16.7 Å². The number of hydrogen-bond donors (Lipinski definition) is 1. The molecule has 5 nitrogen and oxygen atoms in total. The van der Waals surface area contributed by atoms with Crippen LogP contribution in [0, 0.1) is 0 Å². The lowest BCUT2D eigenvalue weighted by atomic mass is 10.00. The summed E-state index contributed by atoms with van der Waals surface area (Å²) in [5.74, 6) is -1.38. The van der Waals surface area contributed by atoms with Crippen molar-refractivity contribution in [1.29, 1.82) is 0 Å². The molecule has 0 spiro atoms. The van der Waals surface area contributed by atoms with Crippen molar-refractivity contribution >= 4 is 41.2 Å². The molecular weight excluding hydrogens is 361 g/mol. The SMILES string of the molecule is O=C(N/N=C\c1ccc(Cl)cc1Cl)C(=O)N1CCc2ccccc2C1. The molecule has 1 aliphatic rings. The first-order chi connectivity index (χ1) is 12.0. The van der Waals surface area contributed by atoms with Crippen LogP contribution in [0.15, 0.2) is 47.6 Å². The number of nitrogens with one attached hydrogen (secondary N) is 1. The molecule has 2 amide bonds. The van der Waals surface area contributed by atoms with Crippen LogP contribution in [0.2, 0.25) is 10.0 Å². The van der Waals surface area contributed by atoms with E-state index in [0.29, 0.717) is 28.7 Å². The fourth-order valence-electron chi connectivity index (χ4n) is 2.63.